The van der Waals surface area contributed by atoms with E-state index in [9.17, 15) is 26.4 Å². The van der Waals surface area contributed by atoms with E-state index in [4.69, 9.17) is 9.29 Å². The van der Waals surface area contributed by atoms with E-state index in [0.717, 1.165) is 0 Å². The van der Waals surface area contributed by atoms with Crippen LogP contribution < -0.4 is 0 Å². The highest BCUT2D eigenvalue weighted by Gasteiger charge is 2.49. The molecule has 1 saturated carbocycles. The van der Waals surface area contributed by atoms with Gasteiger partial charge in [-0.15, -0.1) is 0 Å². The first-order valence-corrected chi connectivity index (χ1v) is 7.55. The summed E-state index contributed by atoms with van der Waals surface area (Å²) in [5.41, 5.74) is 0. The average Bonchev–Trinajstić information content (AvgIpc) is 3.02. The second-order valence-electron chi connectivity index (χ2n) is 4.94. The van der Waals surface area contributed by atoms with Crippen LogP contribution >= 0.6 is 0 Å². The number of ether oxygens (including phenoxy) is 2. The van der Waals surface area contributed by atoms with Gasteiger partial charge in [-0.2, -0.15) is 21.6 Å². The van der Waals surface area contributed by atoms with E-state index in [2.05, 4.69) is 4.74 Å². The van der Waals surface area contributed by atoms with Crippen molar-refractivity contribution in [2.45, 2.75) is 43.8 Å². The average molecular weight is 318 g/mol. The van der Waals surface area contributed by atoms with Gasteiger partial charge in [0.05, 0.1) is 18.1 Å². The number of carbonyl (C=O) groups excluding carboxylic acids is 1. The molecule has 0 aromatic rings. The van der Waals surface area contributed by atoms with Crippen molar-refractivity contribution in [3.63, 3.8) is 0 Å². The van der Waals surface area contributed by atoms with E-state index >= 15 is 0 Å². The third-order valence-corrected chi connectivity index (χ3v) is 4.05. The van der Waals surface area contributed by atoms with Crippen LogP contribution in [0.4, 0.5) is 13.2 Å². The van der Waals surface area contributed by atoms with E-state index in [1.54, 1.807) is 0 Å². The molecule has 2 fully saturated rings. The van der Waals surface area contributed by atoms with Crippen molar-refractivity contribution in [2.75, 3.05) is 5.75 Å². The Hall–Kier alpha value is -0.870. The molecule has 2 rings (SSSR count). The molecule has 0 radical (unpaired) electrons. The van der Waals surface area contributed by atoms with Gasteiger partial charge in [0.15, 0.2) is 0 Å². The second kappa shape index (κ2) is 5.15. The molecule has 0 spiro atoms. The molecule has 10 heteroatoms. The zero-order valence-electron chi connectivity index (χ0n) is 10.2. The number of epoxide rings is 1. The number of fused-ring (bicyclic) bond motifs is 1. The fraction of sp³-hybridized carbons (Fsp3) is 0.900. The number of alkyl halides is 3. The molecular weight excluding hydrogens is 305 g/mol. The van der Waals surface area contributed by atoms with Crippen molar-refractivity contribution in [3.8, 4) is 0 Å². The highest BCUT2D eigenvalue weighted by Crippen LogP contribution is 2.40. The van der Waals surface area contributed by atoms with Gasteiger partial charge < -0.3 is 9.47 Å². The van der Waals surface area contributed by atoms with Gasteiger partial charge in [-0.05, 0) is 19.3 Å². The Bertz CT molecular complexity index is 488. The van der Waals surface area contributed by atoms with Crippen molar-refractivity contribution >= 4 is 16.1 Å². The van der Waals surface area contributed by atoms with E-state index < -0.39 is 40.0 Å². The summed E-state index contributed by atoms with van der Waals surface area (Å²) >= 11 is 0. The first-order valence-electron chi connectivity index (χ1n) is 5.94. The fourth-order valence-electron chi connectivity index (χ4n) is 2.24. The molecule has 1 N–H and O–H groups in total. The molecule has 1 saturated heterocycles. The van der Waals surface area contributed by atoms with Crippen LogP contribution in [0.15, 0.2) is 0 Å². The molecule has 2 aliphatic rings. The third kappa shape index (κ3) is 4.06. The summed E-state index contributed by atoms with van der Waals surface area (Å²) in [6, 6.07) is 0. The quantitative estimate of drug-likeness (QED) is 0.470. The summed E-state index contributed by atoms with van der Waals surface area (Å²) in [5.74, 6) is -3.53. The molecule has 0 bridgehead atoms. The summed E-state index contributed by atoms with van der Waals surface area (Å²) in [4.78, 5) is 11.7. The molecule has 2 unspecified atom stereocenters. The van der Waals surface area contributed by atoms with Crippen LogP contribution in [-0.4, -0.2) is 49.2 Å². The van der Waals surface area contributed by atoms with E-state index in [1.165, 1.54) is 0 Å². The maximum Gasteiger partial charge on any atom is 0.426 e. The zero-order valence-corrected chi connectivity index (χ0v) is 11.0. The lowest BCUT2D eigenvalue weighted by molar-refractivity contribution is -0.217. The predicted molar refractivity (Wildman–Crippen MR) is 58.4 cm³/mol. The summed E-state index contributed by atoms with van der Waals surface area (Å²) in [6.07, 6.45) is -6.76. The van der Waals surface area contributed by atoms with Crippen LogP contribution in [0, 0.1) is 5.92 Å². The number of halogens is 3. The van der Waals surface area contributed by atoms with E-state index in [-0.39, 0.29) is 18.6 Å². The Balaban J connectivity index is 1.97. The molecule has 1 heterocycles. The highest BCUT2D eigenvalue weighted by molar-refractivity contribution is 7.85. The first-order chi connectivity index (χ1) is 9.06. The molecule has 0 aromatic carbocycles. The molecule has 4 atom stereocenters. The number of hydrogen-bond donors (Lipinski definition) is 1. The van der Waals surface area contributed by atoms with Crippen molar-refractivity contribution in [1.29, 1.82) is 0 Å². The van der Waals surface area contributed by atoms with Crippen molar-refractivity contribution < 1.29 is 40.4 Å². The summed E-state index contributed by atoms with van der Waals surface area (Å²) in [6.45, 7) is 0. The van der Waals surface area contributed by atoms with Crippen LogP contribution in [0.3, 0.4) is 0 Å². The van der Waals surface area contributed by atoms with E-state index in [1.807, 2.05) is 0 Å². The summed E-state index contributed by atoms with van der Waals surface area (Å²) < 4.78 is 76.7. The van der Waals surface area contributed by atoms with Gasteiger partial charge in [-0.3, -0.25) is 9.35 Å². The minimum atomic E-state index is -5.06. The van der Waals surface area contributed by atoms with Gasteiger partial charge in [0.25, 0.3) is 10.1 Å². The largest absolute Gasteiger partial charge is 0.451 e. The van der Waals surface area contributed by atoms with E-state index in [0.29, 0.717) is 12.8 Å². The number of rotatable bonds is 4. The lowest BCUT2D eigenvalue weighted by Crippen LogP contribution is -2.41. The maximum absolute atomic E-state index is 12.6. The predicted octanol–water partition coefficient (Wildman–Crippen LogP) is 0.916. The van der Waals surface area contributed by atoms with Crippen LogP contribution in [0.1, 0.15) is 19.3 Å². The molecule has 0 amide bonds. The SMILES string of the molecule is O=C(OC(CS(=O)(=O)O)C(F)(F)F)[C@@H]1CCC2O[C@@H]2C1. The smallest absolute Gasteiger partial charge is 0.426 e. The number of hydrogen-bond acceptors (Lipinski definition) is 5. The Morgan fingerprint density at radius 1 is 1.35 bits per heavy atom. The number of carbonyl (C=O) groups is 1. The molecular formula is C10H13F3O6S. The third-order valence-electron chi connectivity index (χ3n) is 3.32. The van der Waals surface area contributed by atoms with Crippen molar-refractivity contribution in [1.82, 2.24) is 0 Å². The van der Waals surface area contributed by atoms with Gasteiger partial charge in [-0.25, -0.2) is 0 Å². The first kappa shape index (κ1) is 15.5. The van der Waals surface area contributed by atoms with Crippen LogP contribution in [0.2, 0.25) is 0 Å². The zero-order chi connectivity index (χ0) is 15.1. The van der Waals surface area contributed by atoms with Crippen molar-refractivity contribution in [3.05, 3.63) is 0 Å². The Morgan fingerprint density at radius 2 is 2.00 bits per heavy atom. The standard InChI is InChI=1S/C10H13F3O6S/c11-10(12,13)8(4-20(15,16)17)19-9(14)5-1-2-6-7(3-5)18-6/h5-8H,1-4H2,(H,15,16,17)/t5-,6?,7-,8?/m1/s1. The molecule has 1 aliphatic carbocycles. The van der Waals surface area contributed by atoms with Gasteiger partial charge in [0.2, 0.25) is 6.10 Å². The molecule has 1 aliphatic heterocycles. The Morgan fingerprint density at radius 3 is 2.50 bits per heavy atom. The molecule has 116 valence electrons. The lowest BCUT2D eigenvalue weighted by atomic mass is 9.89. The normalized spacial score (nSPS) is 31.3. The molecule has 20 heavy (non-hydrogen) atoms. The van der Waals surface area contributed by atoms with Crippen LogP contribution in [0.5, 0.6) is 0 Å². The fourth-order valence-corrected chi connectivity index (χ4v) is 2.88. The number of esters is 1. The van der Waals surface area contributed by atoms with Crippen LogP contribution in [-0.2, 0) is 24.4 Å². The van der Waals surface area contributed by atoms with Gasteiger partial charge in [0, 0.05) is 0 Å². The van der Waals surface area contributed by atoms with Gasteiger partial charge >= 0.3 is 12.1 Å². The lowest BCUT2D eigenvalue weighted by Gasteiger charge is -2.23. The monoisotopic (exact) mass is 318 g/mol. The van der Waals surface area contributed by atoms with Crippen molar-refractivity contribution in [2.24, 2.45) is 5.92 Å². The van der Waals surface area contributed by atoms with Gasteiger partial charge in [0.1, 0.15) is 5.75 Å². The van der Waals surface area contributed by atoms with Gasteiger partial charge in [-0.1, -0.05) is 0 Å². The summed E-state index contributed by atoms with van der Waals surface area (Å²) in [7, 11) is -4.91. The second-order valence-corrected chi connectivity index (χ2v) is 6.44. The molecule has 6 nitrogen and oxygen atoms in total. The van der Waals surface area contributed by atoms with Crippen LogP contribution in [0.25, 0.3) is 0 Å². The topological polar surface area (TPSA) is 93.2 Å². The summed E-state index contributed by atoms with van der Waals surface area (Å²) in [5, 5.41) is 0. The highest BCUT2D eigenvalue weighted by atomic mass is 32.2. The minimum Gasteiger partial charge on any atom is -0.451 e. The Labute approximate surface area is 113 Å². The Kier molecular flexibility index (Phi) is 4.00. The minimum absolute atomic E-state index is 0.0790. The molecule has 0 aromatic heterocycles. The maximum atomic E-state index is 12.6.